The maximum Gasteiger partial charge on any atom is 0.224 e. The first-order chi connectivity index (χ1) is 15.9. The summed E-state index contributed by atoms with van der Waals surface area (Å²) >= 11 is 6.45. The van der Waals surface area contributed by atoms with Gasteiger partial charge in [-0.05, 0) is 41.8 Å². The van der Waals surface area contributed by atoms with Crippen LogP contribution in [0.3, 0.4) is 0 Å². The molecule has 1 unspecified atom stereocenters. The van der Waals surface area contributed by atoms with Gasteiger partial charge in [-0.3, -0.25) is 0 Å². The normalized spacial score (nSPS) is 30.5. The lowest BCUT2D eigenvalue weighted by Gasteiger charge is -2.31. The SMILES string of the molecule is CO[C@]1(c2ccc(Cl)c(Cc3ccc(O[C@H]4CCOC4)cc3)c2)O[C@H](C(O)CO)[C@H](O)[C@H]1O. The Bertz CT molecular complexity index is 933. The third-order valence-corrected chi connectivity index (χ3v) is 6.56. The molecule has 0 radical (unpaired) electrons. The molecule has 33 heavy (non-hydrogen) atoms. The summed E-state index contributed by atoms with van der Waals surface area (Å²) < 4.78 is 22.5. The van der Waals surface area contributed by atoms with Crippen molar-refractivity contribution < 1.29 is 39.4 Å². The van der Waals surface area contributed by atoms with Gasteiger partial charge in [0.25, 0.3) is 0 Å². The van der Waals surface area contributed by atoms with E-state index < -0.39 is 36.8 Å². The molecule has 2 aromatic rings. The van der Waals surface area contributed by atoms with Crippen LogP contribution in [0.5, 0.6) is 5.75 Å². The Morgan fingerprint density at radius 1 is 1.18 bits per heavy atom. The maximum absolute atomic E-state index is 10.7. The van der Waals surface area contributed by atoms with Gasteiger partial charge in [0.05, 0.1) is 19.8 Å². The van der Waals surface area contributed by atoms with Gasteiger partial charge in [0.15, 0.2) is 0 Å². The van der Waals surface area contributed by atoms with Crippen molar-refractivity contribution in [3.63, 3.8) is 0 Å². The highest BCUT2D eigenvalue weighted by Gasteiger charge is 2.57. The molecule has 2 aliphatic rings. The van der Waals surface area contributed by atoms with Crippen molar-refractivity contribution in [2.24, 2.45) is 0 Å². The molecular weight excluding hydrogens is 452 g/mol. The zero-order valence-corrected chi connectivity index (χ0v) is 19.0. The Morgan fingerprint density at radius 2 is 1.94 bits per heavy atom. The van der Waals surface area contributed by atoms with Gasteiger partial charge >= 0.3 is 0 Å². The number of rotatable bonds is 8. The van der Waals surface area contributed by atoms with E-state index in [1.165, 1.54) is 7.11 Å². The zero-order valence-electron chi connectivity index (χ0n) is 18.3. The molecule has 4 N–H and O–H groups in total. The number of benzene rings is 2. The molecule has 180 valence electrons. The number of hydrogen-bond donors (Lipinski definition) is 4. The molecule has 0 amide bonds. The first kappa shape index (κ1) is 24.4. The number of halogens is 1. The summed E-state index contributed by atoms with van der Waals surface area (Å²) in [6.07, 6.45) is -4.08. The van der Waals surface area contributed by atoms with Crippen LogP contribution in [-0.4, -0.2) is 77.9 Å². The topological polar surface area (TPSA) is 118 Å². The molecule has 2 fully saturated rings. The van der Waals surface area contributed by atoms with Gasteiger partial charge in [-0.15, -0.1) is 0 Å². The number of hydrogen-bond acceptors (Lipinski definition) is 8. The zero-order chi connectivity index (χ0) is 23.6. The Hall–Kier alpha value is -1.75. The minimum atomic E-state index is -1.72. The summed E-state index contributed by atoms with van der Waals surface area (Å²) in [6, 6.07) is 12.8. The fourth-order valence-corrected chi connectivity index (χ4v) is 4.50. The molecule has 2 saturated heterocycles. The predicted molar refractivity (Wildman–Crippen MR) is 119 cm³/mol. The summed E-state index contributed by atoms with van der Waals surface area (Å²) in [6.45, 7) is 0.688. The van der Waals surface area contributed by atoms with Gasteiger partial charge in [0.2, 0.25) is 5.79 Å². The van der Waals surface area contributed by atoms with Gasteiger partial charge in [-0.2, -0.15) is 0 Å². The van der Waals surface area contributed by atoms with Crippen LogP contribution in [0.15, 0.2) is 42.5 Å². The van der Waals surface area contributed by atoms with E-state index in [1.54, 1.807) is 18.2 Å². The largest absolute Gasteiger partial charge is 0.488 e. The Kier molecular flexibility index (Phi) is 7.57. The van der Waals surface area contributed by atoms with Crippen molar-refractivity contribution in [3.8, 4) is 5.75 Å². The average molecular weight is 481 g/mol. The summed E-state index contributed by atoms with van der Waals surface area (Å²) in [5, 5.41) is 40.9. The van der Waals surface area contributed by atoms with E-state index in [0.29, 0.717) is 23.6 Å². The lowest BCUT2D eigenvalue weighted by atomic mass is 9.94. The summed E-state index contributed by atoms with van der Waals surface area (Å²) in [4.78, 5) is 0. The molecule has 0 saturated carbocycles. The number of aliphatic hydroxyl groups is 4. The van der Waals surface area contributed by atoms with Crippen molar-refractivity contribution in [3.05, 3.63) is 64.2 Å². The van der Waals surface area contributed by atoms with E-state index in [2.05, 4.69) is 0 Å². The highest BCUT2D eigenvalue weighted by Crippen LogP contribution is 2.42. The number of ether oxygens (including phenoxy) is 4. The van der Waals surface area contributed by atoms with Gasteiger partial charge in [0.1, 0.15) is 36.3 Å². The van der Waals surface area contributed by atoms with Crippen LogP contribution in [0.1, 0.15) is 23.1 Å². The van der Waals surface area contributed by atoms with Crippen molar-refractivity contribution in [1.82, 2.24) is 0 Å². The predicted octanol–water partition coefficient (Wildman–Crippen LogP) is 1.37. The van der Waals surface area contributed by atoms with Gasteiger partial charge in [-0.1, -0.05) is 29.8 Å². The molecule has 2 aliphatic heterocycles. The average Bonchev–Trinajstić information content (AvgIpc) is 3.43. The molecule has 2 aromatic carbocycles. The molecule has 6 atom stereocenters. The molecule has 9 heteroatoms. The fraction of sp³-hybridized carbons (Fsp3) is 0.500. The lowest BCUT2D eigenvalue weighted by Crippen LogP contribution is -2.43. The summed E-state index contributed by atoms with van der Waals surface area (Å²) in [7, 11) is 1.34. The Labute approximate surface area is 197 Å². The summed E-state index contributed by atoms with van der Waals surface area (Å²) in [5.74, 6) is -0.946. The second kappa shape index (κ2) is 10.2. The maximum atomic E-state index is 10.7. The van der Waals surface area contributed by atoms with Crippen molar-refractivity contribution in [1.29, 1.82) is 0 Å². The molecule has 0 bridgehead atoms. The third kappa shape index (κ3) is 4.89. The number of methoxy groups -OCH3 is 1. The molecule has 4 rings (SSSR count). The van der Waals surface area contributed by atoms with Gasteiger partial charge in [-0.25, -0.2) is 0 Å². The molecular formula is C24H29ClO8. The van der Waals surface area contributed by atoms with Gasteiger partial charge < -0.3 is 39.4 Å². The minimum absolute atomic E-state index is 0.0774. The molecule has 0 aromatic heterocycles. The second-order valence-electron chi connectivity index (χ2n) is 8.37. The highest BCUT2D eigenvalue weighted by molar-refractivity contribution is 6.31. The van der Waals surface area contributed by atoms with E-state index >= 15 is 0 Å². The van der Waals surface area contributed by atoms with E-state index in [1.807, 2.05) is 24.3 Å². The quantitative estimate of drug-likeness (QED) is 0.447. The molecule has 8 nitrogen and oxygen atoms in total. The van der Waals surface area contributed by atoms with E-state index in [0.717, 1.165) is 29.9 Å². The Morgan fingerprint density at radius 3 is 2.58 bits per heavy atom. The Balaban J connectivity index is 1.55. The van der Waals surface area contributed by atoms with E-state index in [4.69, 9.17) is 30.5 Å². The smallest absolute Gasteiger partial charge is 0.224 e. The monoisotopic (exact) mass is 480 g/mol. The van der Waals surface area contributed by atoms with E-state index in [9.17, 15) is 20.4 Å². The van der Waals surface area contributed by atoms with E-state index in [-0.39, 0.29) is 6.10 Å². The van der Waals surface area contributed by atoms with Crippen LogP contribution in [0.2, 0.25) is 5.02 Å². The lowest BCUT2D eigenvalue weighted by molar-refractivity contribution is -0.263. The molecule has 0 spiro atoms. The highest BCUT2D eigenvalue weighted by atomic mass is 35.5. The van der Waals surface area contributed by atoms with Crippen LogP contribution >= 0.6 is 11.6 Å². The standard InChI is InChI=1S/C24H29ClO8/c1-30-24(23(29)21(28)22(33-24)20(27)12-26)16-4-7-19(25)15(11-16)10-14-2-5-17(6-3-14)32-18-8-9-31-13-18/h2-7,11,18,20-23,26-29H,8-10,12-13H2,1H3/t18-,20?,21-,22+,23+,24+/m0/s1. The first-order valence-corrected chi connectivity index (χ1v) is 11.3. The van der Waals surface area contributed by atoms with Crippen LogP contribution < -0.4 is 4.74 Å². The van der Waals surface area contributed by atoms with Crippen LogP contribution in [0.4, 0.5) is 0 Å². The van der Waals surface area contributed by atoms with Crippen molar-refractivity contribution in [2.45, 2.75) is 49.1 Å². The first-order valence-electron chi connectivity index (χ1n) is 10.9. The summed E-state index contributed by atoms with van der Waals surface area (Å²) in [5.41, 5.74) is 2.20. The van der Waals surface area contributed by atoms with Crippen LogP contribution in [-0.2, 0) is 26.4 Å². The minimum Gasteiger partial charge on any atom is -0.488 e. The molecule has 0 aliphatic carbocycles. The van der Waals surface area contributed by atoms with Crippen LogP contribution in [0.25, 0.3) is 0 Å². The van der Waals surface area contributed by atoms with Crippen molar-refractivity contribution >= 4 is 11.6 Å². The second-order valence-corrected chi connectivity index (χ2v) is 8.78. The fourth-order valence-electron chi connectivity index (χ4n) is 4.31. The van der Waals surface area contributed by atoms with Crippen LogP contribution in [0, 0.1) is 0 Å². The molecule has 2 heterocycles. The van der Waals surface area contributed by atoms with Crippen molar-refractivity contribution in [2.75, 3.05) is 26.9 Å². The van der Waals surface area contributed by atoms with Gasteiger partial charge in [0, 0.05) is 24.1 Å². The third-order valence-electron chi connectivity index (χ3n) is 6.19. The number of aliphatic hydroxyl groups excluding tert-OH is 4.